The highest BCUT2D eigenvalue weighted by molar-refractivity contribution is 5.08. The van der Waals surface area contributed by atoms with E-state index >= 15 is 0 Å². The first-order valence-electron chi connectivity index (χ1n) is 5.40. The summed E-state index contributed by atoms with van der Waals surface area (Å²) >= 11 is 0. The molecule has 15 heavy (non-hydrogen) atoms. The van der Waals surface area contributed by atoms with Crippen LogP contribution in [0.3, 0.4) is 0 Å². The number of piperidine rings is 1. The summed E-state index contributed by atoms with van der Waals surface area (Å²) in [5.74, 6) is -0.260. The molecule has 1 aromatic heterocycles. The number of hydrogen-bond acceptors (Lipinski definition) is 3. The van der Waals surface area contributed by atoms with Gasteiger partial charge in [0.05, 0.1) is 11.9 Å². The van der Waals surface area contributed by atoms with Crippen LogP contribution in [0.15, 0.2) is 18.3 Å². The molecule has 3 rings (SSSR count). The summed E-state index contributed by atoms with van der Waals surface area (Å²) < 4.78 is 12.7. The molecular formula is C11H14FN3. The van der Waals surface area contributed by atoms with Crippen molar-refractivity contribution in [1.29, 1.82) is 0 Å². The van der Waals surface area contributed by atoms with Gasteiger partial charge in [0.1, 0.15) is 5.82 Å². The van der Waals surface area contributed by atoms with E-state index in [-0.39, 0.29) is 5.82 Å². The Hall–Kier alpha value is -1.00. The monoisotopic (exact) mass is 207 g/mol. The Bertz CT molecular complexity index is 337. The summed E-state index contributed by atoms with van der Waals surface area (Å²) in [7, 11) is 0. The fourth-order valence-electron chi connectivity index (χ4n) is 2.51. The Kier molecular flexibility index (Phi) is 2.18. The zero-order valence-corrected chi connectivity index (χ0v) is 8.49. The van der Waals surface area contributed by atoms with E-state index in [0.717, 1.165) is 25.3 Å². The fraction of sp³-hybridized carbons (Fsp3) is 0.545. The molecule has 4 heteroatoms. The van der Waals surface area contributed by atoms with Gasteiger partial charge in [-0.05, 0) is 18.6 Å². The first-order valence-corrected chi connectivity index (χ1v) is 5.40. The van der Waals surface area contributed by atoms with Crippen molar-refractivity contribution in [2.24, 2.45) is 0 Å². The molecule has 80 valence electrons. The van der Waals surface area contributed by atoms with E-state index in [9.17, 15) is 4.39 Å². The van der Waals surface area contributed by atoms with Gasteiger partial charge in [-0.1, -0.05) is 0 Å². The second-order valence-electron chi connectivity index (χ2n) is 4.34. The summed E-state index contributed by atoms with van der Waals surface area (Å²) in [6.07, 6.45) is 2.59. The molecule has 2 aliphatic heterocycles. The maximum Gasteiger partial charge on any atom is 0.141 e. The number of aromatic nitrogens is 1. The first kappa shape index (κ1) is 9.24. The molecule has 2 unspecified atom stereocenters. The number of pyridine rings is 1. The second-order valence-corrected chi connectivity index (χ2v) is 4.34. The van der Waals surface area contributed by atoms with E-state index in [1.54, 1.807) is 6.07 Å². The van der Waals surface area contributed by atoms with Crippen LogP contribution < -0.4 is 5.32 Å². The molecule has 1 aromatic rings. The molecule has 0 aromatic carbocycles. The standard InChI is InChI=1S/C11H14FN3/c12-8-1-2-9(14-4-8)7-15-10-3-11(15)6-13-5-10/h1-2,4,10-11,13H,3,5-7H2. The number of nitrogens with zero attached hydrogens (tertiary/aromatic N) is 2. The lowest BCUT2D eigenvalue weighted by Gasteiger charge is -2.53. The fourth-order valence-corrected chi connectivity index (χ4v) is 2.51. The molecule has 0 amide bonds. The Morgan fingerprint density at radius 1 is 1.40 bits per heavy atom. The van der Waals surface area contributed by atoms with Gasteiger partial charge >= 0.3 is 0 Å². The normalized spacial score (nSPS) is 29.9. The lowest BCUT2D eigenvalue weighted by atomic mass is 9.88. The topological polar surface area (TPSA) is 28.2 Å². The summed E-state index contributed by atoms with van der Waals surface area (Å²) in [5, 5.41) is 3.39. The predicted octanol–water partition coefficient (Wildman–Crippen LogP) is 0.767. The molecule has 2 fully saturated rings. The molecule has 2 aliphatic rings. The average Bonchev–Trinajstić information content (AvgIpc) is 2.29. The van der Waals surface area contributed by atoms with Crippen LogP contribution in [0.1, 0.15) is 12.1 Å². The highest BCUT2D eigenvalue weighted by Crippen LogP contribution is 2.29. The van der Waals surface area contributed by atoms with Gasteiger partial charge in [0, 0.05) is 31.7 Å². The highest BCUT2D eigenvalue weighted by Gasteiger charge is 2.40. The molecule has 0 radical (unpaired) electrons. The third-order valence-corrected chi connectivity index (χ3v) is 3.38. The van der Waals surface area contributed by atoms with Gasteiger partial charge < -0.3 is 5.32 Å². The van der Waals surface area contributed by atoms with Crippen molar-refractivity contribution in [3.05, 3.63) is 29.8 Å². The molecular weight excluding hydrogens is 193 g/mol. The second kappa shape index (κ2) is 3.54. The molecule has 0 aliphatic carbocycles. The van der Waals surface area contributed by atoms with Crippen LogP contribution in [0.25, 0.3) is 0 Å². The van der Waals surface area contributed by atoms with Crippen LogP contribution in [0.2, 0.25) is 0 Å². The van der Waals surface area contributed by atoms with Crippen LogP contribution in [-0.2, 0) is 6.54 Å². The van der Waals surface area contributed by atoms with Crippen molar-refractivity contribution >= 4 is 0 Å². The Morgan fingerprint density at radius 3 is 2.80 bits per heavy atom. The molecule has 0 saturated carbocycles. The van der Waals surface area contributed by atoms with Crippen molar-refractivity contribution in [3.8, 4) is 0 Å². The molecule has 2 saturated heterocycles. The minimum atomic E-state index is -0.260. The van der Waals surface area contributed by atoms with Gasteiger partial charge in [-0.3, -0.25) is 9.88 Å². The Balaban J connectivity index is 1.68. The van der Waals surface area contributed by atoms with E-state index in [2.05, 4.69) is 15.2 Å². The van der Waals surface area contributed by atoms with Crippen LogP contribution in [0.4, 0.5) is 4.39 Å². The first-order chi connectivity index (χ1) is 7.33. The maximum atomic E-state index is 12.7. The summed E-state index contributed by atoms with van der Waals surface area (Å²) in [6.45, 7) is 3.02. The average molecular weight is 207 g/mol. The quantitative estimate of drug-likeness (QED) is 0.776. The molecule has 1 N–H and O–H groups in total. The third-order valence-electron chi connectivity index (χ3n) is 3.38. The number of rotatable bonds is 2. The lowest BCUT2D eigenvalue weighted by molar-refractivity contribution is -0.0216. The van der Waals surface area contributed by atoms with Crippen molar-refractivity contribution in [2.45, 2.75) is 25.0 Å². The summed E-state index contributed by atoms with van der Waals surface area (Å²) in [4.78, 5) is 6.55. The minimum Gasteiger partial charge on any atom is -0.314 e. The Morgan fingerprint density at radius 2 is 2.20 bits per heavy atom. The number of fused-ring (bicyclic) bond motifs is 2. The van der Waals surface area contributed by atoms with E-state index in [1.165, 1.54) is 18.7 Å². The number of piperazine rings is 1. The van der Waals surface area contributed by atoms with Gasteiger partial charge in [0.25, 0.3) is 0 Å². The number of halogens is 1. The molecule has 2 bridgehead atoms. The van der Waals surface area contributed by atoms with Crippen LogP contribution in [0, 0.1) is 5.82 Å². The van der Waals surface area contributed by atoms with Crippen molar-refractivity contribution < 1.29 is 4.39 Å². The van der Waals surface area contributed by atoms with Crippen LogP contribution in [0.5, 0.6) is 0 Å². The van der Waals surface area contributed by atoms with E-state index in [1.807, 2.05) is 0 Å². The van der Waals surface area contributed by atoms with Gasteiger partial charge in [-0.15, -0.1) is 0 Å². The predicted molar refractivity (Wildman–Crippen MR) is 54.8 cm³/mol. The van der Waals surface area contributed by atoms with Crippen molar-refractivity contribution in [3.63, 3.8) is 0 Å². The molecule has 3 heterocycles. The SMILES string of the molecule is Fc1ccc(CN2C3CNCC2C3)nc1. The minimum absolute atomic E-state index is 0.260. The maximum absolute atomic E-state index is 12.7. The summed E-state index contributed by atoms with van der Waals surface area (Å²) in [5.41, 5.74) is 0.966. The van der Waals surface area contributed by atoms with E-state index in [0.29, 0.717) is 12.1 Å². The Labute approximate surface area is 88.3 Å². The third kappa shape index (κ3) is 1.64. The number of nitrogens with one attached hydrogen (secondary N) is 1. The van der Waals surface area contributed by atoms with Gasteiger partial charge in [0.15, 0.2) is 0 Å². The van der Waals surface area contributed by atoms with E-state index < -0.39 is 0 Å². The van der Waals surface area contributed by atoms with E-state index in [4.69, 9.17) is 0 Å². The van der Waals surface area contributed by atoms with Crippen LogP contribution >= 0.6 is 0 Å². The van der Waals surface area contributed by atoms with Gasteiger partial charge in [0.2, 0.25) is 0 Å². The molecule has 3 nitrogen and oxygen atoms in total. The molecule has 0 spiro atoms. The smallest absolute Gasteiger partial charge is 0.141 e. The van der Waals surface area contributed by atoms with Crippen molar-refractivity contribution in [1.82, 2.24) is 15.2 Å². The van der Waals surface area contributed by atoms with Crippen LogP contribution in [-0.4, -0.2) is 35.1 Å². The van der Waals surface area contributed by atoms with Gasteiger partial charge in [-0.25, -0.2) is 4.39 Å². The lowest BCUT2D eigenvalue weighted by Crippen LogP contribution is -2.67. The highest BCUT2D eigenvalue weighted by atomic mass is 19.1. The van der Waals surface area contributed by atoms with Gasteiger partial charge in [-0.2, -0.15) is 0 Å². The zero-order chi connectivity index (χ0) is 10.3. The molecule has 2 atom stereocenters. The zero-order valence-electron chi connectivity index (χ0n) is 8.49. The number of hydrogen-bond donors (Lipinski definition) is 1. The van der Waals surface area contributed by atoms with Crippen molar-refractivity contribution in [2.75, 3.05) is 13.1 Å². The summed E-state index contributed by atoms with van der Waals surface area (Å²) in [6, 6.07) is 4.58. The largest absolute Gasteiger partial charge is 0.314 e.